The predicted molar refractivity (Wildman–Crippen MR) is 237 cm³/mol. The fraction of sp³-hybridized carbons (Fsp3) is 0.354. The van der Waals surface area contributed by atoms with Gasteiger partial charge in [-0.1, -0.05) is 48.5 Å². The van der Waals surface area contributed by atoms with Gasteiger partial charge in [-0.25, -0.2) is 23.9 Å². The number of hydrogen-bond donors (Lipinski definition) is 4. The van der Waals surface area contributed by atoms with Crippen LogP contribution in [0, 0.1) is 11.7 Å². The minimum atomic E-state index is -0.939. The normalized spacial score (nSPS) is 18.6. The fourth-order valence-corrected chi connectivity index (χ4v) is 9.35. The van der Waals surface area contributed by atoms with E-state index in [-0.39, 0.29) is 29.8 Å². The van der Waals surface area contributed by atoms with Gasteiger partial charge in [0, 0.05) is 54.6 Å². The van der Waals surface area contributed by atoms with Crippen molar-refractivity contribution in [3.8, 4) is 33.8 Å². The first-order chi connectivity index (χ1) is 31.7. The lowest BCUT2D eigenvalue weighted by Gasteiger charge is -2.34. The van der Waals surface area contributed by atoms with Crippen molar-refractivity contribution in [2.24, 2.45) is 5.92 Å². The Bertz CT molecular complexity index is 2700. The number of nitrogens with one attached hydrogen (secondary N) is 4. The molecule has 0 bridgehead atoms. The topological polar surface area (TPSA) is 197 Å². The molecule has 0 saturated carbocycles. The maximum atomic E-state index is 15.9. The van der Waals surface area contributed by atoms with Crippen LogP contribution in [0.25, 0.3) is 44.5 Å². The Labute approximate surface area is 374 Å². The quantitative estimate of drug-likeness (QED) is 0.102. The number of ether oxygens (including phenoxy) is 3. The lowest BCUT2D eigenvalue weighted by Crippen LogP contribution is -2.53. The van der Waals surface area contributed by atoms with Crippen LogP contribution < -0.4 is 10.6 Å². The third-order valence-electron chi connectivity index (χ3n) is 12.8. The van der Waals surface area contributed by atoms with Crippen LogP contribution in [-0.2, 0) is 23.8 Å². The number of fused-ring (bicyclic) bond motifs is 1. The maximum Gasteiger partial charge on any atom is 0.407 e. The van der Waals surface area contributed by atoms with Crippen LogP contribution in [0.4, 0.5) is 14.0 Å². The summed E-state index contributed by atoms with van der Waals surface area (Å²) in [7, 11) is 2.55. The number of rotatable bonds is 11. The van der Waals surface area contributed by atoms with Crippen molar-refractivity contribution in [2.75, 3.05) is 40.5 Å². The third kappa shape index (κ3) is 9.00. The number of nitrogens with zero attached hydrogens (tertiary/aromatic N) is 5. The van der Waals surface area contributed by atoms with Crippen LogP contribution in [0.15, 0.2) is 91.4 Å². The van der Waals surface area contributed by atoms with Gasteiger partial charge in [-0.15, -0.1) is 0 Å². The Balaban J connectivity index is 0.884. The van der Waals surface area contributed by atoms with E-state index in [0.717, 1.165) is 41.3 Å². The van der Waals surface area contributed by atoms with Gasteiger partial charge in [0.2, 0.25) is 5.91 Å². The summed E-state index contributed by atoms with van der Waals surface area (Å²) in [5.41, 5.74) is 4.29. The molecule has 3 aliphatic heterocycles. The smallest absolute Gasteiger partial charge is 0.407 e. The number of alkyl carbamates (subject to hydrolysis) is 2. The summed E-state index contributed by atoms with van der Waals surface area (Å²) in [6, 6.07) is 19.4. The first kappa shape index (κ1) is 43.1. The number of hydrogen-bond acceptors (Lipinski definition) is 10. The highest BCUT2D eigenvalue weighted by molar-refractivity contribution is 5.90. The standard InChI is InChI=1S/C48H50FN9O7/c1-63-47(61)55-41(28-8-4-3-5-9-28)45(59)57-18-6-11-40(57)44-52-27-38(54-44)32-14-15-34(35(49)23-32)36-24-30-12-13-31(22-33(30)25-50-36)37-26-51-43(53-37)39-10-7-19-58(39)46(60)42(56-48(62)64-2)29-16-20-65-21-17-29/h3-5,8-9,12-15,22-27,29,39-42H,6-7,10-11,16-21H2,1-2H3,(H,51,53)(H,52,54)(H,55,61)(H,56,62). The lowest BCUT2D eigenvalue weighted by atomic mass is 9.90. The molecule has 4 amide bonds. The molecule has 0 radical (unpaired) electrons. The van der Waals surface area contributed by atoms with Crippen molar-refractivity contribution in [1.29, 1.82) is 0 Å². The summed E-state index contributed by atoms with van der Waals surface area (Å²) in [6.45, 7) is 2.11. The van der Waals surface area contributed by atoms with E-state index in [1.165, 1.54) is 20.3 Å². The molecule has 3 aromatic carbocycles. The van der Waals surface area contributed by atoms with E-state index in [9.17, 15) is 19.2 Å². The van der Waals surface area contributed by atoms with E-state index < -0.39 is 30.1 Å². The molecular weight excluding hydrogens is 834 g/mol. The first-order valence-corrected chi connectivity index (χ1v) is 21.9. The molecule has 3 fully saturated rings. The Kier molecular flexibility index (Phi) is 12.5. The van der Waals surface area contributed by atoms with Crippen LogP contribution in [0.1, 0.15) is 73.9 Å². The van der Waals surface area contributed by atoms with Crippen molar-refractivity contribution in [2.45, 2.75) is 62.7 Å². The monoisotopic (exact) mass is 883 g/mol. The number of H-pyrrole nitrogens is 2. The van der Waals surface area contributed by atoms with Crippen molar-refractivity contribution < 1.29 is 37.8 Å². The predicted octanol–water partition coefficient (Wildman–Crippen LogP) is 7.40. The average Bonchev–Trinajstić information content (AvgIpc) is 4.20. The molecule has 4 unspecified atom stereocenters. The van der Waals surface area contributed by atoms with Crippen molar-refractivity contribution in [1.82, 2.24) is 45.4 Å². The van der Waals surface area contributed by atoms with Gasteiger partial charge in [0.1, 0.15) is 29.5 Å². The number of aromatic nitrogens is 5. The van der Waals surface area contributed by atoms with Crippen molar-refractivity contribution >= 4 is 34.8 Å². The number of benzene rings is 3. The number of amides is 4. The molecule has 3 aliphatic rings. The molecule has 6 aromatic rings. The Morgan fingerprint density at radius 3 is 1.97 bits per heavy atom. The van der Waals surface area contributed by atoms with Crippen LogP contribution >= 0.6 is 0 Å². The van der Waals surface area contributed by atoms with Crippen molar-refractivity contribution in [3.05, 3.63) is 114 Å². The molecule has 4 N–H and O–H groups in total. The lowest BCUT2D eigenvalue weighted by molar-refractivity contribution is -0.137. The molecule has 3 aromatic heterocycles. The van der Waals surface area contributed by atoms with Gasteiger partial charge in [-0.3, -0.25) is 14.6 Å². The highest BCUT2D eigenvalue weighted by Crippen LogP contribution is 2.37. The number of carbonyl (C=O) groups is 4. The van der Waals surface area contributed by atoms with Crippen LogP contribution in [-0.4, -0.2) is 105 Å². The average molecular weight is 884 g/mol. The molecule has 17 heteroatoms. The molecule has 16 nitrogen and oxygen atoms in total. The zero-order valence-electron chi connectivity index (χ0n) is 36.1. The number of pyridine rings is 1. The highest BCUT2D eigenvalue weighted by Gasteiger charge is 2.40. The second-order valence-electron chi connectivity index (χ2n) is 16.6. The van der Waals surface area contributed by atoms with Gasteiger partial charge >= 0.3 is 12.2 Å². The molecule has 9 rings (SSSR count). The summed E-state index contributed by atoms with van der Waals surface area (Å²) < 4.78 is 31.1. The molecule has 3 saturated heterocycles. The van der Waals surface area contributed by atoms with Crippen LogP contribution in [0.2, 0.25) is 0 Å². The largest absolute Gasteiger partial charge is 0.453 e. The fourth-order valence-electron chi connectivity index (χ4n) is 9.35. The summed E-state index contributed by atoms with van der Waals surface area (Å²) in [6.07, 6.45) is 8.07. The summed E-state index contributed by atoms with van der Waals surface area (Å²) in [5, 5.41) is 7.20. The zero-order chi connectivity index (χ0) is 45.0. The molecule has 0 aliphatic carbocycles. The van der Waals surface area contributed by atoms with Crippen LogP contribution in [0.5, 0.6) is 0 Å². The molecule has 4 atom stereocenters. The van der Waals surface area contributed by atoms with Gasteiger partial charge in [0.25, 0.3) is 5.91 Å². The summed E-state index contributed by atoms with van der Waals surface area (Å²) in [4.78, 5) is 76.7. The van der Waals surface area contributed by atoms with Gasteiger partial charge in [0.05, 0.1) is 55.8 Å². The van der Waals surface area contributed by atoms with Gasteiger partial charge < -0.3 is 44.6 Å². The molecule has 336 valence electrons. The van der Waals surface area contributed by atoms with E-state index in [4.69, 9.17) is 19.2 Å². The SMILES string of the molecule is COC(=O)NC(C(=O)N1CCCC1c1ncc(-c2ccc(-c3cc4ccc(-c5cnc(C6CCCN6C(=O)C(NC(=O)OC)C6CCOCC6)[nH]5)cc4cn3)c(F)c2)[nH]1)c1ccccc1. The molecule has 6 heterocycles. The van der Waals surface area contributed by atoms with Gasteiger partial charge in [-0.05, 0) is 79.7 Å². The number of halogens is 1. The Morgan fingerprint density at radius 1 is 0.708 bits per heavy atom. The van der Waals surface area contributed by atoms with Gasteiger partial charge in [0.15, 0.2) is 0 Å². The second kappa shape index (κ2) is 18.9. The maximum absolute atomic E-state index is 15.9. The van der Waals surface area contributed by atoms with E-state index in [1.54, 1.807) is 53.8 Å². The second-order valence-corrected chi connectivity index (χ2v) is 16.6. The molecule has 65 heavy (non-hydrogen) atoms. The third-order valence-corrected chi connectivity index (χ3v) is 12.8. The Morgan fingerprint density at radius 2 is 1.32 bits per heavy atom. The minimum absolute atomic E-state index is 0.0582. The van der Waals surface area contributed by atoms with Crippen molar-refractivity contribution in [3.63, 3.8) is 0 Å². The van der Waals surface area contributed by atoms with Crippen LogP contribution in [0.3, 0.4) is 0 Å². The van der Waals surface area contributed by atoms with E-state index in [2.05, 4.69) is 30.6 Å². The Hall–Kier alpha value is -7.14. The number of carbonyl (C=O) groups excluding carboxylic acids is 4. The van der Waals surface area contributed by atoms with E-state index in [1.807, 2.05) is 41.3 Å². The number of imidazole rings is 2. The first-order valence-electron chi connectivity index (χ1n) is 21.9. The van der Waals surface area contributed by atoms with E-state index in [0.29, 0.717) is 85.3 Å². The van der Waals surface area contributed by atoms with Gasteiger partial charge in [-0.2, -0.15) is 0 Å². The zero-order valence-corrected chi connectivity index (χ0v) is 36.1. The highest BCUT2D eigenvalue weighted by atomic mass is 19.1. The number of methoxy groups -OCH3 is 2. The minimum Gasteiger partial charge on any atom is -0.453 e. The summed E-state index contributed by atoms with van der Waals surface area (Å²) in [5.74, 6) is 0.304. The summed E-state index contributed by atoms with van der Waals surface area (Å²) >= 11 is 0. The number of likely N-dealkylation sites (tertiary alicyclic amines) is 2. The van der Waals surface area contributed by atoms with E-state index >= 15 is 4.39 Å². The molecule has 0 spiro atoms. The molecular formula is C48H50FN9O7. The number of aromatic amines is 2.